The topological polar surface area (TPSA) is 3.24 Å². The standard InChI is InChI=1S/C55H45N/c1-36-15-9-10-18-43(36)48-33-40(39-25-23-38(24-26-39)37-16-7-6-8-17-37)27-32-53(48)56(41-28-30-46-44-19-11-13-21-49(44)54(2,3)51(46)34-41)42-29-31-47-45-20-12-14-22-50(45)55(4,5)52(47)35-42/h6-35H,1-5H3. The predicted octanol–water partition coefficient (Wildman–Crippen LogP) is 15.1. The SMILES string of the molecule is Cc1ccccc1-c1cc(-c2ccc(-c3ccccc3)cc2)ccc1N(c1ccc2c(c1)C(C)(C)c1ccccc1-2)c1ccc2c(c1)C(C)(C)c1ccccc1-2. The molecule has 0 saturated carbocycles. The van der Waals surface area contributed by atoms with Gasteiger partial charge in [0.1, 0.15) is 0 Å². The van der Waals surface area contributed by atoms with Crippen LogP contribution in [0.4, 0.5) is 17.1 Å². The molecule has 0 aliphatic heterocycles. The molecule has 0 spiro atoms. The number of fused-ring (bicyclic) bond motifs is 6. The lowest BCUT2D eigenvalue weighted by Crippen LogP contribution is -2.18. The van der Waals surface area contributed by atoms with Crippen LogP contribution in [-0.2, 0) is 10.8 Å². The zero-order valence-electron chi connectivity index (χ0n) is 32.8. The van der Waals surface area contributed by atoms with E-state index in [0.717, 1.165) is 17.1 Å². The van der Waals surface area contributed by atoms with E-state index >= 15 is 0 Å². The average molecular weight is 720 g/mol. The maximum atomic E-state index is 2.52. The minimum Gasteiger partial charge on any atom is -0.310 e. The number of benzene rings is 8. The molecule has 0 aromatic heterocycles. The molecule has 10 rings (SSSR count). The highest BCUT2D eigenvalue weighted by molar-refractivity contribution is 5.94. The molecule has 0 radical (unpaired) electrons. The van der Waals surface area contributed by atoms with Crippen LogP contribution in [0.25, 0.3) is 55.6 Å². The maximum Gasteiger partial charge on any atom is 0.0540 e. The number of nitrogens with zero attached hydrogens (tertiary/aromatic N) is 1. The average Bonchev–Trinajstić information content (AvgIpc) is 3.61. The molecule has 56 heavy (non-hydrogen) atoms. The Kier molecular flexibility index (Phi) is 7.80. The Morgan fingerprint density at radius 1 is 0.321 bits per heavy atom. The van der Waals surface area contributed by atoms with Crippen molar-refractivity contribution in [3.05, 3.63) is 210 Å². The van der Waals surface area contributed by atoms with Gasteiger partial charge in [-0.05, 0) is 121 Å². The van der Waals surface area contributed by atoms with Crippen LogP contribution in [0.5, 0.6) is 0 Å². The lowest BCUT2D eigenvalue weighted by Gasteiger charge is -2.31. The fourth-order valence-corrected chi connectivity index (χ4v) is 9.58. The second-order valence-electron chi connectivity index (χ2n) is 16.6. The Labute approximate surface area is 331 Å². The van der Waals surface area contributed by atoms with Crippen molar-refractivity contribution < 1.29 is 0 Å². The lowest BCUT2D eigenvalue weighted by molar-refractivity contribution is 0.660. The summed E-state index contributed by atoms with van der Waals surface area (Å²) in [4.78, 5) is 2.52. The van der Waals surface area contributed by atoms with Crippen molar-refractivity contribution in [3.8, 4) is 55.6 Å². The van der Waals surface area contributed by atoms with Crippen molar-refractivity contribution in [1.29, 1.82) is 0 Å². The Morgan fingerprint density at radius 3 is 1.30 bits per heavy atom. The molecular weight excluding hydrogens is 675 g/mol. The summed E-state index contributed by atoms with van der Waals surface area (Å²) in [5, 5.41) is 0. The summed E-state index contributed by atoms with van der Waals surface area (Å²) < 4.78 is 0. The van der Waals surface area contributed by atoms with Crippen LogP contribution in [0, 0.1) is 6.92 Å². The second-order valence-corrected chi connectivity index (χ2v) is 16.6. The smallest absolute Gasteiger partial charge is 0.0540 e. The van der Waals surface area contributed by atoms with Crippen LogP contribution in [0.2, 0.25) is 0 Å². The van der Waals surface area contributed by atoms with Crippen molar-refractivity contribution in [2.75, 3.05) is 4.90 Å². The van der Waals surface area contributed by atoms with E-state index < -0.39 is 0 Å². The van der Waals surface area contributed by atoms with Gasteiger partial charge in [0, 0.05) is 27.8 Å². The minimum atomic E-state index is -0.121. The molecule has 8 aromatic rings. The molecule has 0 N–H and O–H groups in total. The first-order valence-corrected chi connectivity index (χ1v) is 19.8. The van der Waals surface area contributed by atoms with E-state index in [1.807, 2.05) is 0 Å². The summed E-state index contributed by atoms with van der Waals surface area (Å²) >= 11 is 0. The fraction of sp³-hybridized carbons (Fsp3) is 0.127. The Balaban J connectivity index is 1.19. The van der Waals surface area contributed by atoms with E-state index in [2.05, 4.69) is 222 Å². The first-order chi connectivity index (χ1) is 27.2. The molecule has 2 aliphatic rings. The fourth-order valence-electron chi connectivity index (χ4n) is 9.58. The van der Waals surface area contributed by atoms with Gasteiger partial charge >= 0.3 is 0 Å². The molecule has 0 amide bonds. The monoisotopic (exact) mass is 719 g/mol. The predicted molar refractivity (Wildman–Crippen MR) is 237 cm³/mol. The zero-order valence-corrected chi connectivity index (χ0v) is 32.8. The molecule has 8 aromatic carbocycles. The number of hydrogen-bond acceptors (Lipinski definition) is 1. The molecular formula is C55H45N. The maximum absolute atomic E-state index is 2.52. The molecule has 0 atom stereocenters. The Bertz CT molecular complexity index is 2700. The quantitative estimate of drug-likeness (QED) is 0.165. The van der Waals surface area contributed by atoms with Gasteiger partial charge in [0.15, 0.2) is 0 Å². The van der Waals surface area contributed by atoms with Crippen LogP contribution in [-0.4, -0.2) is 0 Å². The van der Waals surface area contributed by atoms with E-state index in [0.29, 0.717) is 0 Å². The highest BCUT2D eigenvalue weighted by Crippen LogP contribution is 2.54. The van der Waals surface area contributed by atoms with Crippen molar-refractivity contribution >= 4 is 17.1 Å². The Morgan fingerprint density at radius 2 is 0.750 bits per heavy atom. The summed E-state index contributed by atoms with van der Waals surface area (Å²) in [6, 6.07) is 67.7. The summed E-state index contributed by atoms with van der Waals surface area (Å²) in [5.74, 6) is 0. The second kappa shape index (κ2) is 12.8. The van der Waals surface area contributed by atoms with Gasteiger partial charge in [0.05, 0.1) is 5.69 Å². The molecule has 0 fully saturated rings. The van der Waals surface area contributed by atoms with Gasteiger partial charge in [-0.15, -0.1) is 0 Å². The van der Waals surface area contributed by atoms with E-state index in [4.69, 9.17) is 0 Å². The molecule has 1 nitrogen and oxygen atoms in total. The summed E-state index contributed by atoms with van der Waals surface area (Å²) in [6.07, 6.45) is 0. The van der Waals surface area contributed by atoms with Crippen LogP contribution in [0.15, 0.2) is 182 Å². The van der Waals surface area contributed by atoms with E-state index in [-0.39, 0.29) is 10.8 Å². The van der Waals surface area contributed by atoms with Crippen LogP contribution >= 0.6 is 0 Å². The normalized spacial score (nSPS) is 14.1. The Hall–Kier alpha value is -6.44. The van der Waals surface area contributed by atoms with Gasteiger partial charge in [-0.2, -0.15) is 0 Å². The molecule has 0 unspecified atom stereocenters. The molecule has 1 heteroatoms. The van der Waals surface area contributed by atoms with Crippen molar-refractivity contribution in [3.63, 3.8) is 0 Å². The first kappa shape index (κ1) is 34.1. The van der Waals surface area contributed by atoms with E-state index in [1.165, 1.54) is 83.5 Å². The molecule has 2 aliphatic carbocycles. The van der Waals surface area contributed by atoms with Crippen LogP contribution in [0.1, 0.15) is 55.5 Å². The van der Waals surface area contributed by atoms with E-state index in [9.17, 15) is 0 Å². The highest BCUT2D eigenvalue weighted by Gasteiger charge is 2.38. The number of rotatable bonds is 6. The van der Waals surface area contributed by atoms with Gasteiger partial charge in [0.25, 0.3) is 0 Å². The third kappa shape index (κ3) is 5.29. The van der Waals surface area contributed by atoms with Crippen molar-refractivity contribution in [1.82, 2.24) is 0 Å². The molecule has 270 valence electrons. The number of hydrogen-bond donors (Lipinski definition) is 0. The van der Waals surface area contributed by atoms with Crippen LogP contribution < -0.4 is 4.90 Å². The zero-order chi connectivity index (χ0) is 38.2. The number of anilines is 3. The lowest BCUT2D eigenvalue weighted by atomic mass is 9.82. The molecule has 0 bridgehead atoms. The third-order valence-corrected chi connectivity index (χ3v) is 12.6. The summed E-state index contributed by atoms with van der Waals surface area (Å²) in [5.41, 5.74) is 22.6. The van der Waals surface area contributed by atoms with Gasteiger partial charge in [-0.25, -0.2) is 0 Å². The molecule has 0 saturated heterocycles. The van der Waals surface area contributed by atoms with Crippen LogP contribution in [0.3, 0.4) is 0 Å². The number of aryl methyl sites for hydroxylation is 1. The highest BCUT2D eigenvalue weighted by atomic mass is 15.1. The molecule has 0 heterocycles. The largest absolute Gasteiger partial charge is 0.310 e. The van der Waals surface area contributed by atoms with E-state index in [1.54, 1.807) is 0 Å². The summed E-state index contributed by atoms with van der Waals surface area (Å²) in [6.45, 7) is 11.7. The van der Waals surface area contributed by atoms with Gasteiger partial charge in [-0.3, -0.25) is 0 Å². The van der Waals surface area contributed by atoms with Crippen molar-refractivity contribution in [2.45, 2.75) is 45.4 Å². The first-order valence-electron chi connectivity index (χ1n) is 19.8. The van der Waals surface area contributed by atoms with Gasteiger partial charge in [-0.1, -0.05) is 173 Å². The van der Waals surface area contributed by atoms with Gasteiger partial charge < -0.3 is 4.90 Å². The van der Waals surface area contributed by atoms with Crippen molar-refractivity contribution in [2.24, 2.45) is 0 Å². The minimum absolute atomic E-state index is 0.121. The third-order valence-electron chi connectivity index (χ3n) is 12.6. The van der Waals surface area contributed by atoms with Gasteiger partial charge in [0.2, 0.25) is 0 Å². The summed E-state index contributed by atoms with van der Waals surface area (Å²) in [7, 11) is 0.